The van der Waals surface area contributed by atoms with Crippen molar-refractivity contribution in [3.63, 3.8) is 0 Å². The summed E-state index contributed by atoms with van der Waals surface area (Å²) in [7, 11) is 0. The second-order valence-electron chi connectivity index (χ2n) is 17.4. The molecule has 2 fully saturated rings. The molecule has 0 bridgehead atoms. The Morgan fingerprint density at radius 3 is 1.38 bits per heavy atom. The van der Waals surface area contributed by atoms with Gasteiger partial charge in [0.15, 0.2) is 0 Å². The molecule has 4 heterocycles. The van der Waals surface area contributed by atoms with Crippen molar-refractivity contribution in [3.05, 3.63) is 167 Å². The smallest absolute Gasteiger partial charge is 0.315 e. The molecule has 2 saturated carbocycles. The lowest BCUT2D eigenvalue weighted by Crippen LogP contribution is -2.32. The molecule has 2 unspecified atom stereocenters. The van der Waals surface area contributed by atoms with Gasteiger partial charge in [-0.1, -0.05) is 95.5 Å². The standard InChI is InChI=1S/C52H46F2N6O3S2/c1-31(55-29-33-13-15-37(39(53)27-33)47-57-41-17-19-43(59-49(41)64-47)51(21-22-51)35-9-5-3-6-10-35)25-45(61)63-46(62)26-32(2)56-30-34-14-16-38(40(54)28-34)48-58-42-18-20-44(60-50(42)65-48)52(23-24-52)36-11-7-4-8-12-36/h3-20,27-28,31-32,55-56H,21-26,29-30H2,1-2H3. The first-order valence-corrected chi connectivity index (χ1v) is 23.6. The third-order valence-electron chi connectivity index (χ3n) is 12.7. The fraction of sp³-hybridized carbons (Fsp3) is 0.269. The minimum atomic E-state index is -0.658. The van der Waals surface area contributed by atoms with Gasteiger partial charge in [-0.25, -0.2) is 28.7 Å². The number of fused-ring (bicyclic) bond motifs is 2. The Labute approximate surface area is 383 Å². The first-order valence-electron chi connectivity index (χ1n) is 22.0. The number of esters is 2. The van der Waals surface area contributed by atoms with Crippen LogP contribution < -0.4 is 10.6 Å². The molecule has 4 aromatic heterocycles. The number of pyridine rings is 2. The van der Waals surface area contributed by atoms with Crippen molar-refractivity contribution in [3.8, 4) is 21.1 Å². The molecule has 65 heavy (non-hydrogen) atoms. The Hall–Kier alpha value is -6.12. The van der Waals surface area contributed by atoms with Crippen LogP contribution >= 0.6 is 22.7 Å². The average Bonchev–Trinajstić information content (AvgIpc) is 4.22. The molecule has 328 valence electrons. The maximum absolute atomic E-state index is 15.5. The lowest BCUT2D eigenvalue weighted by Gasteiger charge is -2.15. The van der Waals surface area contributed by atoms with E-state index in [1.807, 2.05) is 48.5 Å². The Balaban J connectivity index is 0.673. The fourth-order valence-corrected chi connectivity index (χ4v) is 10.6. The van der Waals surface area contributed by atoms with Crippen molar-refractivity contribution in [2.75, 3.05) is 0 Å². The zero-order valence-electron chi connectivity index (χ0n) is 35.9. The number of aromatic nitrogens is 4. The summed E-state index contributed by atoms with van der Waals surface area (Å²) in [5, 5.41) is 7.57. The lowest BCUT2D eigenvalue weighted by atomic mass is 9.92. The highest BCUT2D eigenvalue weighted by Crippen LogP contribution is 2.54. The number of halogens is 2. The molecule has 2 atom stereocenters. The van der Waals surface area contributed by atoms with Crippen LogP contribution in [0.4, 0.5) is 8.78 Å². The van der Waals surface area contributed by atoms with Gasteiger partial charge in [0.1, 0.15) is 42.3 Å². The summed E-state index contributed by atoms with van der Waals surface area (Å²) in [5.41, 5.74) is 8.14. The number of carbonyl (C=O) groups excluding carboxylic acids is 2. The van der Waals surface area contributed by atoms with Gasteiger partial charge >= 0.3 is 11.9 Å². The van der Waals surface area contributed by atoms with Crippen molar-refractivity contribution >= 4 is 55.3 Å². The number of rotatable bonds is 16. The monoisotopic (exact) mass is 904 g/mol. The first-order chi connectivity index (χ1) is 31.5. The van der Waals surface area contributed by atoms with Crippen molar-refractivity contribution < 1.29 is 23.1 Å². The Kier molecular flexibility index (Phi) is 11.7. The quantitative estimate of drug-likeness (QED) is 0.0721. The molecule has 2 aliphatic rings. The highest BCUT2D eigenvalue weighted by Gasteiger charge is 2.48. The summed E-state index contributed by atoms with van der Waals surface area (Å²) < 4.78 is 36.1. The number of ether oxygens (including phenoxy) is 1. The minimum absolute atomic E-state index is 0.0493. The molecular formula is C52H46F2N6O3S2. The molecule has 2 aliphatic carbocycles. The normalized spacial score (nSPS) is 15.8. The van der Waals surface area contributed by atoms with Crippen molar-refractivity contribution in [2.45, 2.75) is 88.4 Å². The van der Waals surface area contributed by atoms with Crippen molar-refractivity contribution in [2.24, 2.45) is 0 Å². The van der Waals surface area contributed by atoms with E-state index in [2.05, 4.69) is 59.2 Å². The maximum Gasteiger partial charge on any atom is 0.315 e. The summed E-state index contributed by atoms with van der Waals surface area (Å²) in [5.74, 6) is -2.10. The SMILES string of the molecule is CC(CC(=O)OC(=O)CC(C)NCc1ccc(-c2nc3ccc(C4(c5ccccc5)CC4)nc3s2)c(F)c1)NCc1ccc(-c2nc3ccc(C4(c5ccccc5)CC4)nc3s2)c(F)c1. The number of thiazole rings is 2. The van der Waals surface area contributed by atoms with Crippen LogP contribution in [0.5, 0.6) is 0 Å². The van der Waals surface area contributed by atoms with Crippen molar-refractivity contribution in [1.29, 1.82) is 0 Å². The van der Waals surface area contributed by atoms with Gasteiger partial charge in [0, 0.05) is 47.1 Å². The number of nitrogens with one attached hydrogen (secondary N) is 2. The zero-order valence-corrected chi connectivity index (χ0v) is 37.6. The molecule has 0 saturated heterocycles. The second kappa shape index (κ2) is 17.7. The molecule has 2 N–H and O–H groups in total. The van der Waals surface area contributed by atoms with Gasteiger partial charge in [-0.15, -0.1) is 0 Å². The van der Waals surface area contributed by atoms with Crippen LogP contribution in [0.2, 0.25) is 0 Å². The van der Waals surface area contributed by atoms with Crippen LogP contribution in [0.1, 0.15) is 86.0 Å². The topological polar surface area (TPSA) is 119 Å². The summed E-state index contributed by atoms with van der Waals surface area (Å²) in [6.45, 7) is 4.22. The molecular weight excluding hydrogens is 859 g/mol. The molecule has 0 spiro atoms. The number of hydrogen-bond acceptors (Lipinski definition) is 11. The van der Waals surface area contributed by atoms with E-state index in [9.17, 15) is 9.59 Å². The van der Waals surface area contributed by atoms with E-state index in [4.69, 9.17) is 24.7 Å². The molecule has 4 aromatic carbocycles. The van der Waals surface area contributed by atoms with Gasteiger partial charge in [0.05, 0.1) is 24.2 Å². The van der Waals surface area contributed by atoms with Gasteiger partial charge in [0.25, 0.3) is 0 Å². The van der Waals surface area contributed by atoms with Gasteiger partial charge in [-0.3, -0.25) is 9.59 Å². The van der Waals surface area contributed by atoms with E-state index in [0.29, 0.717) is 45.4 Å². The summed E-state index contributed by atoms with van der Waals surface area (Å²) in [4.78, 5) is 46.2. The molecule has 10 rings (SSSR count). The van der Waals surface area contributed by atoms with Gasteiger partial charge in [-0.2, -0.15) is 0 Å². The summed E-state index contributed by atoms with van der Waals surface area (Å²) in [6, 6.07) is 38.3. The first kappa shape index (κ1) is 42.8. The summed E-state index contributed by atoms with van der Waals surface area (Å²) in [6.07, 6.45) is 4.10. The number of carbonyl (C=O) groups is 2. The van der Waals surface area contributed by atoms with E-state index in [-0.39, 0.29) is 35.8 Å². The van der Waals surface area contributed by atoms with E-state index in [1.54, 1.807) is 26.0 Å². The summed E-state index contributed by atoms with van der Waals surface area (Å²) >= 11 is 2.77. The molecule has 0 amide bonds. The van der Waals surface area contributed by atoms with Gasteiger partial charge in [0.2, 0.25) is 0 Å². The van der Waals surface area contributed by atoms with Crippen LogP contribution in [0.25, 0.3) is 41.8 Å². The lowest BCUT2D eigenvalue weighted by molar-refractivity contribution is -0.160. The van der Waals surface area contributed by atoms with Crippen LogP contribution in [0.15, 0.2) is 121 Å². The largest absolute Gasteiger partial charge is 0.393 e. The van der Waals surface area contributed by atoms with Crippen LogP contribution in [-0.4, -0.2) is 44.0 Å². The highest BCUT2D eigenvalue weighted by molar-refractivity contribution is 7.21. The van der Waals surface area contributed by atoms with E-state index in [0.717, 1.165) is 57.8 Å². The fourth-order valence-electron chi connectivity index (χ4n) is 8.67. The van der Waals surface area contributed by atoms with E-state index >= 15 is 8.78 Å². The second-order valence-corrected chi connectivity index (χ2v) is 19.4. The van der Waals surface area contributed by atoms with Gasteiger partial charge < -0.3 is 15.4 Å². The Morgan fingerprint density at radius 1 is 0.585 bits per heavy atom. The minimum Gasteiger partial charge on any atom is -0.393 e. The average molecular weight is 905 g/mol. The van der Waals surface area contributed by atoms with Crippen LogP contribution in [0, 0.1) is 11.6 Å². The Bertz CT molecular complexity index is 2850. The molecule has 9 nitrogen and oxygen atoms in total. The van der Waals surface area contributed by atoms with Crippen molar-refractivity contribution in [1.82, 2.24) is 30.6 Å². The molecule has 0 radical (unpaired) electrons. The van der Waals surface area contributed by atoms with Gasteiger partial charge in [-0.05, 0) is 110 Å². The number of hydrogen-bond donors (Lipinski definition) is 2. The number of benzene rings is 4. The third kappa shape index (κ3) is 8.98. The maximum atomic E-state index is 15.5. The molecule has 0 aliphatic heterocycles. The predicted octanol–water partition coefficient (Wildman–Crippen LogP) is 11.0. The molecule has 8 aromatic rings. The molecule has 13 heteroatoms. The third-order valence-corrected chi connectivity index (χ3v) is 14.7. The predicted molar refractivity (Wildman–Crippen MR) is 251 cm³/mol. The number of nitrogens with zero attached hydrogens (tertiary/aromatic N) is 4. The van der Waals surface area contributed by atoms with Crippen LogP contribution in [-0.2, 0) is 38.2 Å². The zero-order chi connectivity index (χ0) is 44.7. The Morgan fingerprint density at radius 2 is 1.00 bits per heavy atom. The highest BCUT2D eigenvalue weighted by atomic mass is 32.1. The van der Waals surface area contributed by atoms with E-state index < -0.39 is 23.6 Å². The van der Waals surface area contributed by atoms with Crippen LogP contribution in [0.3, 0.4) is 0 Å². The van der Waals surface area contributed by atoms with E-state index in [1.165, 1.54) is 45.9 Å².